The first-order chi connectivity index (χ1) is 8.27. The van der Waals surface area contributed by atoms with Gasteiger partial charge in [0.25, 0.3) is 0 Å². The van der Waals surface area contributed by atoms with Crippen molar-refractivity contribution in [1.29, 1.82) is 0 Å². The third-order valence-corrected chi connectivity index (χ3v) is 4.77. The number of nitrogens with one attached hydrogen (secondary N) is 1. The van der Waals surface area contributed by atoms with Gasteiger partial charge in [0.15, 0.2) is 0 Å². The van der Waals surface area contributed by atoms with Gasteiger partial charge in [0.1, 0.15) is 5.82 Å². The van der Waals surface area contributed by atoms with Crippen molar-refractivity contribution in [3.05, 3.63) is 35.1 Å². The molecule has 0 amide bonds. The van der Waals surface area contributed by atoms with Gasteiger partial charge < -0.3 is 5.32 Å². The maximum atomic E-state index is 14.2. The molecule has 1 unspecified atom stereocenters. The first-order valence-electron chi connectivity index (χ1n) is 6.73. The summed E-state index contributed by atoms with van der Waals surface area (Å²) in [7, 11) is 1.98. The van der Waals surface area contributed by atoms with Crippen LogP contribution < -0.4 is 5.32 Å². The quantitative estimate of drug-likeness (QED) is 0.780. The summed E-state index contributed by atoms with van der Waals surface area (Å²) in [5, 5.41) is 3.33. The molecule has 0 aromatic heterocycles. The molecule has 1 aromatic rings. The van der Waals surface area contributed by atoms with Crippen molar-refractivity contribution in [1.82, 2.24) is 5.32 Å². The van der Waals surface area contributed by atoms with Crippen LogP contribution in [-0.4, -0.2) is 7.05 Å². The van der Waals surface area contributed by atoms with E-state index in [-0.39, 0.29) is 11.2 Å². The Morgan fingerprint density at radius 1 is 1.24 bits per heavy atom. The molecule has 2 heteroatoms. The summed E-state index contributed by atoms with van der Waals surface area (Å²) in [6.07, 6.45) is 7.17. The second-order valence-electron chi connectivity index (χ2n) is 5.57. The molecule has 0 heterocycles. The summed E-state index contributed by atoms with van der Waals surface area (Å²) >= 11 is 0. The number of benzene rings is 1. The van der Waals surface area contributed by atoms with Crippen LogP contribution in [0.3, 0.4) is 0 Å². The summed E-state index contributed by atoms with van der Waals surface area (Å²) in [4.78, 5) is 0. The first kappa shape index (κ1) is 11.2. The van der Waals surface area contributed by atoms with Gasteiger partial charge in [-0.2, -0.15) is 0 Å². The number of hydrogen-bond donors (Lipinski definition) is 1. The molecule has 1 atom stereocenters. The maximum absolute atomic E-state index is 14.2. The molecule has 1 saturated carbocycles. The largest absolute Gasteiger partial charge is 0.313 e. The molecule has 0 aliphatic heterocycles. The van der Waals surface area contributed by atoms with Crippen molar-refractivity contribution >= 4 is 0 Å². The molecule has 2 aliphatic carbocycles. The van der Waals surface area contributed by atoms with Crippen LogP contribution in [0.5, 0.6) is 0 Å². The van der Waals surface area contributed by atoms with E-state index in [4.69, 9.17) is 0 Å². The molecule has 0 radical (unpaired) electrons. The van der Waals surface area contributed by atoms with Gasteiger partial charge in [-0.15, -0.1) is 0 Å². The topological polar surface area (TPSA) is 12.0 Å². The van der Waals surface area contributed by atoms with Crippen molar-refractivity contribution in [3.63, 3.8) is 0 Å². The number of fused-ring (bicyclic) bond motifs is 2. The molecular weight excluding hydrogens is 213 g/mol. The average molecular weight is 233 g/mol. The molecule has 1 spiro atoms. The monoisotopic (exact) mass is 233 g/mol. The lowest BCUT2D eigenvalue weighted by molar-refractivity contribution is 0.314. The van der Waals surface area contributed by atoms with Crippen LogP contribution in [-0.2, 0) is 5.41 Å². The van der Waals surface area contributed by atoms with Crippen LogP contribution in [0.2, 0.25) is 0 Å². The minimum Gasteiger partial charge on any atom is -0.313 e. The number of rotatable bonds is 1. The van der Waals surface area contributed by atoms with E-state index >= 15 is 0 Å². The third-order valence-electron chi connectivity index (χ3n) is 4.77. The van der Waals surface area contributed by atoms with Gasteiger partial charge in [0, 0.05) is 6.04 Å². The summed E-state index contributed by atoms with van der Waals surface area (Å²) in [6, 6.07) is 5.94. The lowest BCUT2D eigenvalue weighted by Gasteiger charge is -2.39. The van der Waals surface area contributed by atoms with Crippen molar-refractivity contribution in [2.75, 3.05) is 7.05 Å². The standard InChI is InChI=1S/C15H20FN/c1-17-13-7-10-15(8-2-3-9-15)14-11(13)5-4-6-12(14)16/h4-6,13,17H,2-3,7-10H2,1H3. The lowest BCUT2D eigenvalue weighted by atomic mass is 9.67. The number of hydrogen-bond acceptors (Lipinski definition) is 1. The van der Waals surface area contributed by atoms with E-state index in [1.54, 1.807) is 6.07 Å². The zero-order valence-electron chi connectivity index (χ0n) is 10.4. The Labute approximate surface area is 102 Å². The van der Waals surface area contributed by atoms with E-state index in [1.807, 2.05) is 13.1 Å². The van der Waals surface area contributed by atoms with Gasteiger partial charge in [0.05, 0.1) is 0 Å². The fraction of sp³-hybridized carbons (Fsp3) is 0.600. The summed E-state index contributed by atoms with van der Waals surface area (Å²) in [5.41, 5.74) is 2.40. The van der Waals surface area contributed by atoms with E-state index in [1.165, 1.54) is 31.2 Å². The summed E-state index contributed by atoms with van der Waals surface area (Å²) < 4.78 is 14.2. The van der Waals surface area contributed by atoms with Crippen LogP contribution in [0.15, 0.2) is 18.2 Å². The van der Waals surface area contributed by atoms with E-state index in [9.17, 15) is 4.39 Å². The maximum Gasteiger partial charge on any atom is 0.127 e. The molecular formula is C15H20FN. The van der Waals surface area contributed by atoms with Crippen molar-refractivity contribution in [2.45, 2.75) is 50.0 Å². The van der Waals surface area contributed by atoms with Crippen LogP contribution in [0.25, 0.3) is 0 Å². The van der Waals surface area contributed by atoms with Gasteiger partial charge in [-0.3, -0.25) is 0 Å². The highest BCUT2D eigenvalue weighted by molar-refractivity contribution is 5.41. The predicted octanol–water partition coefficient (Wildman–Crippen LogP) is 3.69. The van der Waals surface area contributed by atoms with Crippen LogP contribution >= 0.6 is 0 Å². The number of halogens is 1. The molecule has 2 aliphatic rings. The average Bonchev–Trinajstić information content (AvgIpc) is 2.79. The van der Waals surface area contributed by atoms with E-state index < -0.39 is 0 Å². The molecule has 1 nitrogen and oxygen atoms in total. The van der Waals surface area contributed by atoms with Crippen LogP contribution in [0.4, 0.5) is 4.39 Å². The molecule has 1 aromatic carbocycles. The minimum absolute atomic E-state index is 0.0179. The van der Waals surface area contributed by atoms with Gasteiger partial charge in [-0.25, -0.2) is 4.39 Å². The fourth-order valence-corrected chi connectivity index (χ4v) is 3.94. The van der Waals surface area contributed by atoms with E-state index in [0.717, 1.165) is 18.4 Å². The highest BCUT2D eigenvalue weighted by Crippen LogP contribution is 2.51. The third kappa shape index (κ3) is 1.61. The van der Waals surface area contributed by atoms with Crippen molar-refractivity contribution in [3.8, 4) is 0 Å². The lowest BCUT2D eigenvalue weighted by Crippen LogP contribution is -2.34. The second kappa shape index (κ2) is 4.09. The Morgan fingerprint density at radius 3 is 2.71 bits per heavy atom. The molecule has 0 saturated heterocycles. The van der Waals surface area contributed by atoms with E-state index in [2.05, 4.69) is 11.4 Å². The minimum atomic E-state index is 0.0179. The fourth-order valence-electron chi connectivity index (χ4n) is 3.94. The smallest absolute Gasteiger partial charge is 0.127 e. The van der Waals surface area contributed by atoms with Crippen molar-refractivity contribution < 1.29 is 4.39 Å². The van der Waals surface area contributed by atoms with Crippen LogP contribution in [0.1, 0.15) is 55.7 Å². The Kier molecular flexibility index (Phi) is 2.70. The summed E-state index contributed by atoms with van der Waals surface area (Å²) in [5.74, 6) is 0.0179. The Balaban J connectivity index is 2.15. The van der Waals surface area contributed by atoms with Gasteiger partial charge in [-0.05, 0) is 55.3 Å². The van der Waals surface area contributed by atoms with Crippen molar-refractivity contribution in [2.24, 2.45) is 0 Å². The molecule has 17 heavy (non-hydrogen) atoms. The van der Waals surface area contributed by atoms with Gasteiger partial charge in [0.2, 0.25) is 0 Å². The summed E-state index contributed by atoms with van der Waals surface area (Å²) in [6.45, 7) is 0. The molecule has 1 N–H and O–H groups in total. The molecule has 0 bridgehead atoms. The molecule has 92 valence electrons. The SMILES string of the molecule is CNC1CCC2(CCCC2)c2c(F)cccc21. The highest BCUT2D eigenvalue weighted by Gasteiger charge is 2.43. The zero-order chi connectivity index (χ0) is 11.9. The molecule has 3 rings (SSSR count). The Morgan fingerprint density at radius 2 is 2.00 bits per heavy atom. The second-order valence-corrected chi connectivity index (χ2v) is 5.57. The Bertz CT molecular complexity index is 421. The van der Waals surface area contributed by atoms with Gasteiger partial charge in [-0.1, -0.05) is 25.0 Å². The van der Waals surface area contributed by atoms with E-state index in [0.29, 0.717) is 6.04 Å². The first-order valence-corrected chi connectivity index (χ1v) is 6.73. The van der Waals surface area contributed by atoms with Gasteiger partial charge >= 0.3 is 0 Å². The highest BCUT2D eigenvalue weighted by atomic mass is 19.1. The molecule has 1 fully saturated rings. The Hall–Kier alpha value is -0.890. The van der Waals surface area contributed by atoms with Crippen LogP contribution in [0, 0.1) is 5.82 Å². The zero-order valence-corrected chi connectivity index (χ0v) is 10.4. The predicted molar refractivity (Wildman–Crippen MR) is 67.6 cm³/mol. The normalized spacial score (nSPS) is 26.1.